The first-order chi connectivity index (χ1) is 13.9. The molecule has 3 N–H and O–H groups in total. The van der Waals surface area contributed by atoms with Crippen LogP contribution in [0.25, 0.3) is 0 Å². The summed E-state index contributed by atoms with van der Waals surface area (Å²) in [6.45, 7) is -0.554. The number of benzene rings is 2. The first-order valence-electron chi connectivity index (χ1n) is 8.56. The van der Waals surface area contributed by atoms with Gasteiger partial charge in [-0.3, -0.25) is 0 Å². The Labute approximate surface area is 176 Å². The normalized spacial score (nSPS) is 26.6. The predicted octanol–water partition coefficient (Wildman–Crippen LogP) is 2.05. The Kier molecular flexibility index (Phi) is 7.23. The summed E-state index contributed by atoms with van der Waals surface area (Å²) >= 11 is 10.9. The SMILES string of the molecule is OC[C@H]1O[C@H](Oc2ccc(Cl)cc2)[C@H](OC(=S)Oc2ccc(F)cc2)[C@@H](O)[C@@H]1O. The zero-order valence-corrected chi connectivity index (χ0v) is 16.4. The molecule has 1 aliphatic heterocycles. The molecule has 1 fully saturated rings. The molecule has 1 aliphatic rings. The largest absolute Gasteiger partial charge is 0.461 e. The summed E-state index contributed by atoms with van der Waals surface area (Å²) < 4.78 is 35.0. The molecule has 0 amide bonds. The van der Waals surface area contributed by atoms with Crippen LogP contribution >= 0.6 is 23.8 Å². The Bertz CT molecular complexity index is 820. The molecule has 7 nitrogen and oxygen atoms in total. The molecule has 0 unspecified atom stereocenters. The third-order valence-corrected chi connectivity index (χ3v) is 4.57. The van der Waals surface area contributed by atoms with Crippen LogP contribution in [0.2, 0.25) is 5.02 Å². The third kappa shape index (κ3) is 5.53. The quantitative estimate of drug-likeness (QED) is 0.603. The highest BCUT2D eigenvalue weighted by Crippen LogP contribution is 2.27. The van der Waals surface area contributed by atoms with Crippen molar-refractivity contribution >= 4 is 29.1 Å². The van der Waals surface area contributed by atoms with Gasteiger partial charge in [-0.25, -0.2) is 4.39 Å². The van der Waals surface area contributed by atoms with Gasteiger partial charge < -0.3 is 34.3 Å². The Morgan fingerprint density at radius 2 is 1.66 bits per heavy atom. The van der Waals surface area contributed by atoms with Crippen LogP contribution in [-0.4, -0.2) is 57.9 Å². The number of aliphatic hydroxyl groups excluding tert-OH is 3. The summed E-state index contributed by atoms with van der Waals surface area (Å²) in [5.41, 5.74) is 0. The molecule has 0 aromatic heterocycles. The number of halogens is 2. The molecule has 0 spiro atoms. The number of rotatable bonds is 5. The van der Waals surface area contributed by atoms with Crippen LogP contribution in [-0.2, 0) is 9.47 Å². The van der Waals surface area contributed by atoms with Crippen LogP contribution in [0.3, 0.4) is 0 Å². The maximum atomic E-state index is 13.0. The zero-order chi connectivity index (χ0) is 21.0. The van der Waals surface area contributed by atoms with Crippen molar-refractivity contribution in [2.45, 2.75) is 30.7 Å². The first-order valence-corrected chi connectivity index (χ1v) is 9.34. The summed E-state index contributed by atoms with van der Waals surface area (Å²) in [4.78, 5) is 0. The standard InChI is InChI=1S/C19H18ClFO7S/c20-10-1-5-12(6-2-10)25-18-17(16(24)15(23)14(9-22)27-18)28-19(29)26-13-7-3-11(21)4-8-13/h1-8,14-18,22-24H,9H2/t14-,15-,16+,17-,18+/m1/s1. The highest BCUT2D eigenvalue weighted by Gasteiger charge is 2.47. The van der Waals surface area contributed by atoms with Gasteiger partial charge in [0.1, 0.15) is 35.6 Å². The van der Waals surface area contributed by atoms with Crippen LogP contribution in [0.15, 0.2) is 48.5 Å². The van der Waals surface area contributed by atoms with Gasteiger partial charge >= 0.3 is 5.24 Å². The van der Waals surface area contributed by atoms with Crippen LogP contribution in [0.4, 0.5) is 4.39 Å². The molecular formula is C19H18ClFO7S. The highest BCUT2D eigenvalue weighted by atomic mass is 35.5. The van der Waals surface area contributed by atoms with Crippen molar-refractivity contribution in [2.24, 2.45) is 0 Å². The van der Waals surface area contributed by atoms with Crippen LogP contribution in [0.5, 0.6) is 11.5 Å². The minimum Gasteiger partial charge on any atom is -0.461 e. The van der Waals surface area contributed by atoms with E-state index in [-0.39, 0.29) is 5.75 Å². The molecule has 1 saturated heterocycles. The van der Waals surface area contributed by atoms with Gasteiger partial charge in [0.05, 0.1) is 6.61 Å². The van der Waals surface area contributed by atoms with Gasteiger partial charge in [-0.05, 0) is 48.5 Å². The Morgan fingerprint density at radius 1 is 1.03 bits per heavy atom. The van der Waals surface area contributed by atoms with E-state index < -0.39 is 48.4 Å². The number of hydrogen-bond acceptors (Lipinski definition) is 8. The van der Waals surface area contributed by atoms with E-state index in [1.807, 2.05) is 0 Å². The van der Waals surface area contributed by atoms with E-state index >= 15 is 0 Å². The third-order valence-electron chi connectivity index (χ3n) is 4.14. The lowest BCUT2D eigenvalue weighted by molar-refractivity contribution is -0.275. The fourth-order valence-corrected chi connectivity index (χ4v) is 2.99. The monoisotopic (exact) mass is 444 g/mol. The van der Waals surface area contributed by atoms with Gasteiger partial charge in [0, 0.05) is 17.2 Å². The van der Waals surface area contributed by atoms with Crippen LogP contribution in [0, 0.1) is 5.82 Å². The molecule has 0 radical (unpaired) electrons. The van der Waals surface area contributed by atoms with Crippen molar-refractivity contribution in [3.8, 4) is 11.5 Å². The van der Waals surface area contributed by atoms with Crippen molar-refractivity contribution < 1.29 is 38.7 Å². The molecule has 3 rings (SSSR count). The fraction of sp³-hybridized carbons (Fsp3) is 0.316. The highest BCUT2D eigenvalue weighted by molar-refractivity contribution is 7.79. The molecule has 0 aliphatic carbocycles. The summed E-state index contributed by atoms with van der Waals surface area (Å²) in [6.07, 6.45) is -6.58. The van der Waals surface area contributed by atoms with Gasteiger partial charge in [0.15, 0.2) is 6.10 Å². The first kappa shape index (κ1) is 21.7. The lowest BCUT2D eigenvalue weighted by Gasteiger charge is -2.41. The van der Waals surface area contributed by atoms with Gasteiger partial charge in [0.25, 0.3) is 0 Å². The van der Waals surface area contributed by atoms with Crippen molar-refractivity contribution in [2.75, 3.05) is 6.61 Å². The summed E-state index contributed by atoms with van der Waals surface area (Å²) in [5, 5.41) is 30.1. The summed E-state index contributed by atoms with van der Waals surface area (Å²) in [5.74, 6) is 0.111. The van der Waals surface area contributed by atoms with E-state index in [0.717, 1.165) is 0 Å². The lowest BCUT2D eigenvalue weighted by Crippen LogP contribution is -2.61. The number of ether oxygens (including phenoxy) is 4. The molecule has 5 atom stereocenters. The summed E-state index contributed by atoms with van der Waals surface area (Å²) in [6, 6.07) is 11.4. The van der Waals surface area contributed by atoms with Crippen LogP contribution in [0.1, 0.15) is 0 Å². The minimum atomic E-state index is -1.51. The second-order valence-electron chi connectivity index (χ2n) is 6.17. The number of hydrogen-bond donors (Lipinski definition) is 3. The molecule has 0 bridgehead atoms. The molecule has 10 heteroatoms. The van der Waals surface area contributed by atoms with E-state index in [2.05, 4.69) is 0 Å². The van der Waals surface area contributed by atoms with Crippen molar-refractivity contribution in [3.63, 3.8) is 0 Å². The van der Waals surface area contributed by atoms with E-state index in [1.54, 1.807) is 24.3 Å². The molecule has 0 saturated carbocycles. The lowest BCUT2D eigenvalue weighted by atomic mass is 9.99. The average molecular weight is 445 g/mol. The zero-order valence-electron chi connectivity index (χ0n) is 14.9. The van der Waals surface area contributed by atoms with Crippen molar-refractivity contribution in [3.05, 3.63) is 59.4 Å². The second kappa shape index (κ2) is 9.66. The Balaban J connectivity index is 1.74. The molecule has 29 heavy (non-hydrogen) atoms. The van der Waals surface area contributed by atoms with E-state index in [4.69, 9.17) is 42.8 Å². The molecule has 2 aromatic rings. The van der Waals surface area contributed by atoms with E-state index in [0.29, 0.717) is 10.8 Å². The Morgan fingerprint density at radius 3 is 2.28 bits per heavy atom. The smallest absolute Gasteiger partial charge is 0.358 e. The number of thiocarbonyl (C=S) groups is 1. The van der Waals surface area contributed by atoms with Gasteiger partial charge in [-0.2, -0.15) is 0 Å². The van der Waals surface area contributed by atoms with Gasteiger partial charge in [-0.1, -0.05) is 11.6 Å². The van der Waals surface area contributed by atoms with Gasteiger partial charge in [0.2, 0.25) is 6.29 Å². The van der Waals surface area contributed by atoms with Crippen LogP contribution < -0.4 is 9.47 Å². The van der Waals surface area contributed by atoms with Gasteiger partial charge in [-0.15, -0.1) is 0 Å². The Hall–Kier alpha value is -2.01. The minimum absolute atomic E-state index is 0.214. The number of aliphatic hydroxyl groups is 3. The molecule has 2 aromatic carbocycles. The van der Waals surface area contributed by atoms with E-state index in [1.165, 1.54) is 24.3 Å². The summed E-state index contributed by atoms with van der Waals surface area (Å²) in [7, 11) is 0. The topological polar surface area (TPSA) is 97.6 Å². The van der Waals surface area contributed by atoms with Crippen molar-refractivity contribution in [1.29, 1.82) is 0 Å². The maximum Gasteiger partial charge on any atom is 0.358 e. The van der Waals surface area contributed by atoms with E-state index in [9.17, 15) is 19.7 Å². The maximum absolute atomic E-state index is 13.0. The molecular weight excluding hydrogens is 427 g/mol. The fourth-order valence-electron chi connectivity index (χ4n) is 2.66. The molecule has 156 valence electrons. The molecule has 1 heterocycles. The average Bonchev–Trinajstić information content (AvgIpc) is 2.71. The predicted molar refractivity (Wildman–Crippen MR) is 104 cm³/mol. The second-order valence-corrected chi connectivity index (χ2v) is 6.94. The van der Waals surface area contributed by atoms with Crippen molar-refractivity contribution in [1.82, 2.24) is 0 Å².